The second kappa shape index (κ2) is 12.1. The molecule has 0 saturated carbocycles. The van der Waals surface area contributed by atoms with Gasteiger partial charge in [0, 0.05) is 18.5 Å². The van der Waals surface area contributed by atoms with E-state index in [-0.39, 0.29) is 27.0 Å². The van der Waals surface area contributed by atoms with Gasteiger partial charge in [-0.1, -0.05) is 5.16 Å². The molecule has 2 aromatic rings. The summed E-state index contributed by atoms with van der Waals surface area (Å²) in [6.07, 6.45) is -1.22. The van der Waals surface area contributed by atoms with Gasteiger partial charge in [0.25, 0.3) is 11.8 Å². The number of thiazole rings is 1. The van der Waals surface area contributed by atoms with Crippen molar-refractivity contribution in [3.05, 3.63) is 39.3 Å². The van der Waals surface area contributed by atoms with Gasteiger partial charge >= 0.3 is 10.4 Å². The van der Waals surface area contributed by atoms with E-state index in [1.54, 1.807) is 0 Å². The van der Waals surface area contributed by atoms with Crippen molar-refractivity contribution in [1.29, 1.82) is 0 Å². The van der Waals surface area contributed by atoms with Crippen molar-refractivity contribution in [2.45, 2.75) is 38.5 Å². The number of pyridine rings is 1. The number of likely N-dealkylation sites (N-methyl/N-ethyl adjacent to an activating group) is 1. The fraction of sp³-hybridized carbons (Fsp3) is 0.368. The molecule has 2 heterocycles. The highest BCUT2D eigenvalue weighted by molar-refractivity contribution is 7.80. The van der Waals surface area contributed by atoms with Crippen LogP contribution in [0.4, 0.5) is 5.13 Å². The van der Waals surface area contributed by atoms with Gasteiger partial charge in [-0.25, -0.2) is 4.98 Å². The predicted octanol–water partition coefficient (Wildman–Crippen LogP) is -1.49. The Bertz CT molecular complexity index is 1440. The van der Waals surface area contributed by atoms with Gasteiger partial charge in [-0.3, -0.25) is 23.7 Å². The van der Waals surface area contributed by atoms with Crippen molar-refractivity contribution >= 4 is 50.8 Å². The number of nitrogens with zero attached hydrogens (tertiary/aromatic N) is 4. The van der Waals surface area contributed by atoms with Crippen molar-refractivity contribution in [3.63, 3.8) is 0 Å². The lowest BCUT2D eigenvalue weighted by molar-refractivity contribution is -0.166. The number of nitrogen functional groups attached to an aromatic ring is 1. The van der Waals surface area contributed by atoms with E-state index in [1.807, 2.05) is 0 Å². The summed E-state index contributed by atoms with van der Waals surface area (Å²) in [4.78, 5) is 58.1. The predicted molar refractivity (Wildman–Crippen MR) is 133 cm³/mol. The summed E-state index contributed by atoms with van der Waals surface area (Å²) in [6.45, 7) is 3.97. The van der Waals surface area contributed by atoms with Crippen LogP contribution in [0.15, 0.2) is 27.6 Å². The monoisotopic (exact) mass is 591 g/mol. The summed E-state index contributed by atoms with van der Waals surface area (Å²) in [5.74, 6) is -2.75. The molecule has 0 radical (unpaired) electrons. The number of amides is 3. The lowest BCUT2D eigenvalue weighted by Gasteiger charge is -2.37. The summed E-state index contributed by atoms with van der Waals surface area (Å²) < 4.78 is 35.6. The normalized spacial score (nSPS) is 13.7. The van der Waals surface area contributed by atoms with Crippen LogP contribution >= 0.6 is 11.3 Å². The molecule has 2 unspecified atom stereocenters. The van der Waals surface area contributed by atoms with Crippen LogP contribution in [0.1, 0.15) is 38.3 Å². The highest BCUT2D eigenvalue weighted by atomic mass is 32.3. The van der Waals surface area contributed by atoms with E-state index in [2.05, 4.69) is 25.1 Å². The fourth-order valence-electron chi connectivity index (χ4n) is 2.78. The number of hydrogen-bond donors (Lipinski definition) is 6. The first kappa shape index (κ1) is 31.0. The highest BCUT2D eigenvalue weighted by Gasteiger charge is 2.38. The largest absolute Gasteiger partial charge is 0.503 e. The highest BCUT2D eigenvalue weighted by Crippen LogP contribution is 2.22. The summed E-state index contributed by atoms with van der Waals surface area (Å²) in [5, 5.41) is 29.6. The Morgan fingerprint density at radius 3 is 2.54 bits per heavy atom. The summed E-state index contributed by atoms with van der Waals surface area (Å²) in [6, 6.07) is -0.383. The number of hydroxylamine groups is 2. The number of hydrogen-bond acceptors (Lipinski definition) is 14. The molecule has 3 amide bonds. The number of nitrogens with two attached hydrogens (primary N) is 1. The van der Waals surface area contributed by atoms with E-state index in [9.17, 15) is 37.9 Å². The minimum Gasteiger partial charge on any atom is -0.503 e. The molecule has 2 aromatic heterocycles. The Balaban J connectivity index is 2.47. The van der Waals surface area contributed by atoms with Crippen LogP contribution in [-0.4, -0.2) is 80.6 Å². The van der Waals surface area contributed by atoms with Gasteiger partial charge in [-0.2, -0.15) is 18.2 Å². The first-order valence-corrected chi connectivity index (χ1v) is 12.8. The molecule has 0 spiro atoms. The van der Waals surface area contributed by atoms with Gasteiger partial charge < -0.3 is 31.5 Å². The van der Waals surface area contributed by atoms with Crippen molar-refractivity contribution in [2.24, 2.45) is 5.16 Å². The van der Waals surface area contributed by atoms with Gasteiger partial charge in [0.15, 0.2) is 16.6 Å². The number of oxime groups is 1. The topological polar surface area (TPSA) is 265 Å². The minimum atomic E-state index is -5.08. The molecule has 2 atom stereocenters. The maximum atomic E-state index is 13.2. The number of carbonyl (C=O) groups excluding carboxylic acids is 3. The van der Waals surface area contributed by atoms with Gasteiger partial charge in [0.05, 0.1) is 17.8 Å². The molecule has 0 fully saturated rings. The molecule has 39 heavy (non-hydrogen) atoms. The molecule has 18 nitrogen and oxygen atoms in total. The smallest absolute Gasteiger partial charge is 0.418 e. The molecule has 2 rings (SSSR count). The van der Waals surface area contributed by atoms with Gasteiger partial charge in [-0.05, 0) is 20.8 Å². The zero-order valence-electron chi connectivity index (χ0n) is 20.8. The van der Waals surface area contributed by atoms with E-state index in [0.717, 1.165) is 11.3 Å². The summed E-state index contributed by atoms with van der Waals surface area (Å²) in [5.41, 5.74) is 1.98. The molecular weight excluding hydrogens is 566 g/mol. The van der Waals surface area contributed by atoms with Crippen molar-refractivity contribution < 1.29 is 46.8 Å². The zero-order chi connectivity index (χ0) is 29.7. The molecule has 214 valence electrons. The first-order valence-electron chi connectivity index (χ1n) is 10.6. The number of rotatable bonds is 12. The molecule has 7 N–H and O–H groups in total. The van der Waals surface area contributed by atoms with Crippen LogP contribution in [-0.2, 0) is 33.9 Å². The number of aromatic hydroxyl groups is 1. The molecule has 0 aliphatic rings. The average Bonchev–Trinajstić information content (AvgIpc) is 3.27. The SMILES string of the molecule is CNC(=O)C(O/N=C(\C(=O)NC(C)C(C)(C)N(C=O)OS(=O)(=O)O)c1csc(N)n1)c1cc(=O)c(O)cn1O. The van der Waals surface area contributed by atoms with Crippen LogP contribution in [0, 0.1) is 0 Å². The van der Waals surface area contributed by atoms with E-state index >= 15 is 0 Å². The van der Waals surface area contributed by atoms with Crippen LogP contribution in [0.2, 0.25) is 0 Å². The first-order chi connectivity index (χ1) is 18.0. The molecule has 0 aliphatic carbocycles. The zero-order valence-corrected chi connectivity index (χ0v) is 22.4. The van der Waals surface area contributed by atoms with Crippen LogP contribution in [0.25, 0.3) is 0 Å². The second-order valence-electron chi connectivity index (χ2n) is 8.19. The lowest BCUT2D eigenvalue weighted by Crippen LogP contribution is -2.58. The Morgan fingerprint density at radius 2 is 2.03 bits per heavy atom. The molecule has 0 saturated heterocycles. The molecule has 0 bridgehead atoms. The van der Waals surface area contributed by atoms with Crippen LogP contribution in [0.5, 0.6) is 5.75 Å². The fourth-order valence-corrected chi connectivity index (χ4v) is 3.76. The Morgan fingerprint density at radius 1 is 1.38 bits per heavy atom. The Labute approximate surface area is 224 Å². The molecule has 0 aromatic carbocycles. The lowest BCUT2D eigenvalue weighted by atomic mass is 9.95. The van der Waals surface area contributed by atoms with Crippen LogP contribution < -0.4 is 21.8 Å². The number of nitrogens with one attached hydrogen (secondary N) is 2. The van der Waals surface area contributed by atoms with Gasteiger partial charge in [0.1, 0.15) is 11.4 Å². The summed E-state index contributed by atoms with van der Waals surface area (Å²) in [7, 11) is -3.87. The second-order valence-corrected chi connectivity index (χ2v) is 10.1. The van der Waals surface area contributed by atoms with E-state index in [0.29, 0.717) is 12.3 Å². The number of aromatic nitrogens is 2. The molecular formula is C19H25N7O11S2. The van der Waals surface area contributed by atoms with Crippen LogP contribution in [0.3, 0.4) is 0 Å². The molecule has 0 aliphatic heterocycles. The van der Waals surface area contributed by atoms with Gasteiger partial charge in [-0.15, -0.1) is 15.6 Å². The summed E-state index contributed by atoms with van der Waals surface area (Å²) >= 11 is 0.926. The van der Waals surface area contributed by atoms with E-state index in [4.69, 9.17) is 15.1 Å². The minimum absolute atomic E-state index is 0.0261. The average molecular weight is 592 g/mol. The van der Waals surface area contributed by atoms with Crippen molar-refractivity contribution in [3.8, 4) is 5.75 Å². The third-order valence-corrected chi connectivity index (χ3v) is 6.29. The Hall–Kier alpha value is -4.27. The molecule has 20 heteroatoms. The van der Waals surface area contributed by atoms with E-state index < -0.39 is 62.5 Å². The quantitative estimate of drug-likeness (QED) is 0.0541. The maximum absolute atomic E-state index is 13.2. The van der Waals surface area contributed by atoms with Crippen molar-refractivity contribution in [1.82, 2.24) is 25.4 Å². The third kappa shape index (κ3) is 7.63. The Kier molecular flexibility index (Phi) is 9.57. The maximum Gasteiger partial charge on any atom is 0.418 e. The third-order valence-electron chi connectivity index (χ3n) is 5.27. The standard InChI is InChI=1S/C19H25N7O11S2/c1-9(19(2,3)26(8-27)37-39(33,34)35)22-16(30)14(10-7-38-18(20)23-10)24-36-15(17(31)21-4)11-5-12(28)13(29)6-25(11)32/h5-9,15,29,32H,1-4H3,(H2,20,23)(H,21,31)(H,22,30)(H,33,34,35)/b24-14-. The van der Waals surface area contributed by atoms with Crippen molar-refractivity contribution in [2.75, 3.05) is 12.8 Å². The van der Waals surface area contributed by atoms with Gasteiger partial charge in [0.2, 0.25) is 17.9 Å². The number of anilines is 1. The number of carbonyl (C=O) groups is 3. The van der Waals surface area contributed by atoms with E-state index in [1.165, 1.54) is 33.2 Å².